The summed E-state index contributed by atoms with van der Waals surface area (Å²) in [6.45, 7) is 4.97. The summed E-state index contributed by atoms with van der Waals surface area (Å²) in [6.07, 6.45) is 0. The SMILES string of the molecule is CCNCc1ccccc1NC(=O)C(C)NS(=O)(=O)c1cccs1.Cl. The molecule has 2 aromatic rings. The highest BCUT2D eigenvalue weighted by Crippen LogP contribution is 2.17. The van der Waals surface area contributed by atoms with Crippen LogP contribution in [0.3, 0.4) is 0 Å². The van der Waals surface area contributed by atoms with Crippen LogP contribution in [0, 0.1) is 0 Å². The van der Waals surface area contributed by atoms with Crippen LogP contribution < -0.4 is 15.4 Å². The number of amides is 1. The van der Waals surface area contributed by atoms with Gasteiger partial charge in [0, 0.05) is 12.2 Å². The fourth-order valence-corrected chi connectivity index (χ4v) is 4.27. The number of anilines is 1. The Morgan fingerprint density at radius 1 is 1.20 bits per heavy atom. The lowest BCUT2D eigenvalue weighted by atomic mass is 10.1. The van der Waals surface area contributed by atoms with Crippen molar-refractivity contribution in [2.45, 2.75) is 30.6 Å². The minimum atomic E-state index is -3.68. The van der Waals surface area contributed by atoms with Gasteiger partial charge in [-0.3, -0.25) is 4.79 Å². The molecule has 138 valence electrons. The van der Waals surface area contributed by atoms with Crippen LogP contribution in [0.4, 0.5) is 5.69 Å². The molecule has 6 nitrogen and oxygen atoms in total. The van der Waals surface area contributed by atoms with Crippen molar-refractivity contribution in [1.82, 2.24) is 10.0 Å². The number of nitrogens with one attached hydrogen (secondary N) is 3. The molecule has 0 aliphatic carbocycles. The Hall–Kier alpha value is -1.45. The minimum Gasteiger partial charge on any atom is -0.324 e. The van der Waals surface area contributed by atoms with Crippen molar-refractivity contribution in [2.24, 2.45) is 0 Å². The molecule has 1 heterocycles. The molecule has 1 atom stereocenters. The number of rotatable bonds is 8. The normalized spacial score (nSPS) is 12.2. The van der Waals surface area contributed by atoms with Crippen molar-refractivity contribution in [3.8, 4) is 0 Å². The standard InChI is InChI=1S/C16H21N3O3S2.ClH/c1-3-17-11-13-7-4-5-8-14(13)18-16(20)12(2)19-24(21,22)15-9-6-10-23-15;/h4-10,12,17,19H,3,11H2,1-2H3,(H,18,20);1H. The predicted octanol–water partition coefficient (Wildman–Crippen LogP) is 2.58. The number of benzene rings is 1. The Balaban J connectivity index is 0.00000312. The monoisotopic (exact) mass is 403 g/mol. The number of carbonyl (C=O) groups is 1. The van der Waals surface area contributed by atoms with Gasteiger partial charge >= 0.3 is 0 Å². The first-order valence-electron chi connectivity index (χ1n) is 7.59. The molecule has 0 aliphatic heterocycles. The second-order valence-corrected chi connectivity index (χ2v) is 8.09. The molecule has 25 heavy (non-hydrogen) atoms. The molecule has 1 aromatic heterocycles. The summed E-state index contributed by atoms with van der Waals surface area (Å²) in [7, 11) is -3.68. The number of hydrogen-bond acceptors (Lipinski definition) is 5. The summed E-state index contributed by atoms with van der Waals surface area (Å²) in [6, 6.07) is 9.70. The van der Waals surface area contributed by atoms with Crippen LogP contribution in [0.15, 0.2) is 46.0 Å². The Labute approximate surface area is 158 Å². The van der Waals surface area contributed by atoms with E-state index in [2.05, 4.69) is 15.4 Å². The summed E-state index contributed by atoms with van der Waals surface area (Å²) in [4.78, 5) is 12.3. The number of para-hydroxylation sites is 1. The van der Waals surface area contributed by atoms with Gasteiger partial charge in [0.2, 0.25) is 5.91 Å². The first kappa shape index (κ1) is 21.6. The van der Waals surface area contributed by atoms with Crippen LogP contribution in [-0.2, 0) is 21.4 Å². The van der Waals surface area contributed by atoms with Gasteiger partial charge in [0.05, 0.1) is 6.04 Å². The second kappa shape index (κ2) is 9.88. The lowest BCUT2D eigenvalue weighted by Crippen LogP contribution is -2.41. The van der Waals surface area contributed by atoms with Crippen molar-refractivity contribution in [3.63, 3.8) is 0 Å². The second-order valence-electron chi connectivity index (χ2n) is 5.20. The number of halogens is 1. The molecule has 0 saturated heterocycles. The average molecular weight is 404 g/mol. The molecule has 1 aromatic carbocycles. The van der Waals surface area contributed by atoms with E-state index in [0.717, 1.165) is 23.4 Å². The molecule has 1 unspecified atom stereocenters. The van der Waals surface area contributed by atoms with Crippen molar-refractivity contribution in [2.75, 3.05) is 11.9 Å². The molecule has 3 N–H and O–H groups in total. The molecule has 0 bridgehead atoms. The maximum Gasteiger partial charge on any atom is 0.250 e. The molecule has 0 fully saturated rings. The summed E-state index contributed by atoms with van der Waals surface area (Å²) < 4.78 is 26.9. The van der Waals surface area contributed by atoms with Crippen LogP contribution >= 0.6 is 23.7 Å². The van der Waals surface area contributed by atoms with Crippen molar-refractivity contribution in [3.05, 3.63) is 47.3 Å². The van der Waals surface area contributed by atoms with Gasteiger partial charge in [-0.25, -0.2) is 8.42 Å². The zero-order valence-electron chi connectivity index (χ0n) is 14.0. The first-order chi connectivity index (χ1) is 11.4. The molecule has 0 spiro atoms. The van der Waals surface area contributed by atoms with E-state index in [9.17, 15) is 13.2 Å². The van der Waals surface area contributed by atoms with E-state index in [1.807, 2.05) is 25.1 Å². The molecule has 0 aliphatic rings. The third-order valence-electron chi connectivity index (χ3n) is 3.33. The third-order valence-corrected chi connectivity index (χ3v) is 6.26. The topological polar surface area (TPSA) is 87.3 Å². The number of sulfonamides is 1. The summed E-state index contributed by atoms with van der Waals surface area (Å²) >= 11 is 1.11. The zero-order valence-corrected chi connectivity index (χ0v) is 16.4. The van der Waals surface area contributed by atoms with Crippen molar-refractivity contribution < 1.29 is 13.2 Å². The van der Waals surface area contributed by atoms with Crippen LogP contribution in [0.2, 0.25) is 0 Å². The van der Waals surface area contributed by atoms with Gasteiger partial charge in [-0.2, -0.15) is 4.72 Å². The van der Waals surface area contributed by atoms with E-state index in [1.54, 1.807) is 17.5 Å². The smallest absolute Gasteiger partial charge is 0.250 e. The number of thiophene rings is 1. The highest BCUT2D eigenvalue weighted by molar-refractivity contribution is 7.91. The van der Waals surface area contributed by atoms with E-state index in [-0.39, 0.29) is 16.6 Å². The molecule has 0 radical (unpaired) electrons. The van der Waals surface area contributed by atoms with Gasteiger partial charge in [-0.15, -0.1) is 23.7 Å². The van der Waals surface area contributed by atoms with E-state index in [1.165, 1.54) is 13.0 Å². The molecular weight excluding hydrogens is 382 g/mol. The summed E-state index contributed by atoms with van der Waals surface area (Å²) in [5.74, 6) is -0.404. The summed E-state index contributed by atoms with van der Waals surface area (Å²) in [5.41, 5.74) is 1.62. The van der Waals surface area contributed by atoms with Crippen LogP contribution in [0.5, 0.6) is 0 Å². The quantitative estimate of drug-likeness (QED) is 0.632. The van der Waals surface area contributed by atoms with Crippen LogP contribution in [0.25, 0.3) is 0 Å². The maximum atomic E-state index is 12.3. The Morgan fingerprint density at radius 3 is 2.56 bits per heavy atom. The largest absolute Gasteiger partial charge is 0.324 e. The van der Waals surface area contributed by atoms with Crippen LogP contribution in [0.1, 0.15) is 19.4 Å². The molecule has 2 rings (SSSR count). The fourth-order valence-electron chi connectivity index (χ4n) is 2.06. The zero-order chi connectivity index (χ0) is 17.6. The lowest BCUT2D eigenvalue weighted by Gasteiger charge is -2.16. The third kappa shape index (κ3) is 6.09. The average Bonchev–Trinajstić information content (AvgIpc) is 3.09. The summed E-state index contributed by atoms with van der Waals surface area (Å²) in [5, 5.41) is 7.66. The molecular formula is C16H22ClN3O3S2. The minimum absolute atomic E-state index is 0. The van der Waals surface area contributed by atoms with Gasteiger partial charge in [0.15, 0.2) is 0 Å². The Kier molecular flexibility index (Phi) is 8.54. The van der Waals surface area contributed by atoms with E-state index in [0.29, 0.717) is 12.2 Å². The molecule has 9 heteroatoms. The van der Waals surface area contributed by atoms with Crippen LogP contribution in [-0.4, -0.2) is 26.9 Å². The lowest BCUT2D eigenvalue weighted by molar-refractivity contribution is -0.117. The first-order valence-corrected chi connectivity index (χ1v) is 9.95. The van der Waals surface area contributed by atoms with Crippen molar-refractivity contribution >= 4 is 45.4 Å². The number of carbonyl (C=O) groups excluding carboxylic acids is 1. The van der Waals surface area contributed by atoms with Crippen molar-refractivity contribution in [1.29, 1.82) is 0 Å². The van der Waals surface area contributed by atoms with E-state index in [4.69, 9.17) is 0 Å². The Morgan fingerprint density at radius 2 is 1.92 bits per heavy atom. The van der Waals surface area contributed by atoms with Gasteiger partial charge in [0.25, 0.3) is 10.0 Å². The van der Waals surface area contributed by atoms with E-state index < -0.39 is 22.0 Å². The van der Waals surface area contributed by atoms with E-state index >= 15 is 0 Å². The Bertz CT molecular complexity index is 780. The maximum absolute atomic E-state index is 12.3. The fraction of sp³-hybridized carbons (Fsp3) is 0.312. The van der Waals surface area contributed by atoms with Gasteiger partial charge < -0.3 is 10.6 Å². The highest BCUT2D eigenvalue weighted by atomic mass is 35.5. The number of hydrogen-bond donors (Lipinski definition) is 3. The molecule has 0 saturated carbocycles. The molecule has 1 amide bonds. The van der Waals surface area contributed by atoms with Gasteiger partial charge in [-0.05, 0) is 36.5 Å². The van der Waals surface area contributed by atoms with Gasteiger partial charge in [-0.1, -0.05) is 31.2 Å². The predicted molar refractivity (Wildman–Crippen MR) is 104 cm³/mol. The van der Waals surface area contributed by atoms with Gasteiger partial charge in [0.1, 0.15) is 4.21 Å². The highest BCUT2D eigenvalue weighted by Gasteiger charge is 2.23.